The largest absolute Gasteiger partial charge is 0.336 e. The van der Waals surface area contributed by atoms with Crippen LogP contribution < -0.4 is 5.32 Å². The van der Waals surface area contributed by atoms with Crippen LogP contribution in [0.25, 0.3) is 0 Å². The van der Waals surface area contributed by atoms with Gasteiger partial charge in [0.2, 0.25) is 0 Å². The summed E-state index contributed by atoms with van der Waals surface area (Å²) >= 11 is 0. The number of hydrogen-bond acceptors (Lipinski definition) is 5. The molecule has 0 saturated carbocycles. The summed E-state index contributed by atoms with van der Waals surface area (Å²) in [5.74, 6) is 0.0562. The summed E-state index contributed by atoms with van der Waals surface area (Å²) in [6.45, 7) is 6.32. The number of carbonyl (C=O) groups is 1. The Kier molecular flexibility index (Phi) is 5.54. The molecule has 1 amide bonds. The van der Waals surface area contributed by atoms with Gasteiger partial charge in [-0.2, -0.15) is 10.2 Å². The second-order valence-corrected chi connectivity index (χ2v) is 7.63. The highest BCUT2D eigenvalue weighted by Crippen LogP contribution is 2.17. The fourth-order valence-electron chi connectivity index (χ4n) is 4.02. The maximum absolute atomic E-state index is 12.9. The normalized spacial score (nSPS) is 22.0. The zero-order valence-corrected chi connectivity index (χ0v) is 16.0. The van der Waals surface area contributed by atoms with Crippen molar-refractivity contribution in [3.05, 3.63) is 35.9 Å². The quantitative estimate of drug-likeness (QED) is 0.864. The summed E-state index contributed by atoms with van der Waals surface area (Å²) in [5.41, 5.74) is 1.79. The van der Waals surface area contributed by atoms with E-state index in [9.17, 15) is 4.79 Å². The van der Waals surface area contributed by atoms with Crippen molar-refractivity contribution < 1.29 is 4.79 Å². The first-order chi connectivity index (χ1) is 13.2. The molecule has 2 aliphatic heterocycles. The van der Waals surface area contributed by atoms with Crippen LogP contribution in [-0.4, -0.2) is 74.5 Å². The van der Waals surface area contributed by atoms with E-state index in [0.29, 0.717) is 11.7 Å². The minimum atomic E-state index is 0.0562. The molecule has 2 fully saturated rings. The number of nitrogens with zero attached hydrogens (tertiary/aromatic N) is 6. The lowest BCUT2D eigenvalue weighted by Crippen LogP contribution is -2.35. The van der Waals surface area contributed by atoms with Crippen LogP contribution in [0.4, 0.5) is 0 Å². The van der Waals surface area contributed by atoms with Gasteiger partial charge < -0.3 is 10.2 Å². The van der Waals surface area contributed by atoms with Crippen LogP contribution >= 0.6 is 0 Å². The Morgan fingerprint density at radius 2 is 2.19 bits per heavy atom. The van der Waals surface area contributed by atoms with E-state index in [1.807, 2.05) is 39.8 Å². The molecule has 2 saturated heterocycles. The van der Waals surface area contributed by atoms with Crippen molar-refractivity contribution in [3.8, 4) is 0 Å². The maximum Gasteiger partial charge on any atom is 0.274 e. The van der Waals surface area contributed by atoms with Crippen molar-refractivity contribution in [2.75, 3.05) is 39.3 Å². The van der Waals surface area contributed by atoms with Crippen molar-refractivity contribution >= 4 is 5.91 Å². The number of carbonyl (C=O) groups excluding carboxylic acids is 1. The van der Waals surface area contributed by atoms with Crippen LogP contribution in [0.15, 0.2) is 24.7 Å². The van der Waals surface area contributed by atoms with E-state index in [4.69, 9.17) is 0 Å². The zero-order chi connectivity index (χ0) is 18.6. The molecule has 4 rings (SSSR count). The van der Waals surface area contributed by atoms with Crippen LogP contribution in [0, 0.1) is 0 Å². The topological polar surface area (TPSA) is 71.2 Å². The highest BCUT2D eigenvalue weighted by atomic mass is 16.2. The standard InChI is InChI=1S/C19H29N7O/c1-23-14-16(12-21-23)15-24-7-3-8-25(11-10-24)19(27)18-5-9-26(22-18)17-4-2-6-20-13-17/h5,9,12,14,17,20H,2-4,6-8,10-11,13,15H2,1H3. The first-order valence-corrected chi connectivity index (χ1v) is 9.94. The van der Waals surface area contributed by atoms with Gasteiger partial charge in [0.25, 0.3) is 5.91 Å². The average molecular weight is 371 g/mol. The van der Waals surface area contributed by atoms with E-state index in [2.05, 4.69) is 26.6 Å². The Labute approximate surface area is 160 Å². The highest BCUT2D eigenvalue weighted by Gasteiger charge is 2.23. The second-order valence-electron chi connectivity index (χ2n) is 7.63. The van der Waals surface area contributed by atoms with E-state index in [1.165, 1.54) is 5.56 Å². The molecular weight excluding hydrogens is 342 g/mol. The summed E-state index contributed by atoms with van der Waals surface area (Å²) < 4.78 is 3.80. The molecule has 0 bridgehead atoms. The smallest absolute Gasteiger partial charge is 0.274 e. The zero-order valence-electron chi connectivity index (χ0n) is 16.0. The average Bonchev–Trinajstić information content (AvgIpc) is 3.27. The lowest BCUT2D eigenvalue weighted by atomic mass is 10.1. The van der Waals surface area contributed by atoms with E-state index < -0.39 is 0 Å². The predicted molar refractivity (Wildman–Crippen MR) is 102 cm³/mol. The Hall–Kier alpha value is -2.19. The molecule has 2 aliphatic rings. The molecule has 0 radical (unpaired) electrons. The van der Waals surface area contributed by atoms with Gasteiger partial charge in [0.05, 0.1) is 12.2 Å². The fraction of sp³-hybridized carbons (Fsp3) is 0.632. The van der Waals surface area contributed by atoms with Gasteiger partial charge in [-0.15, -0.1) is 0 Å². The van der Waals surface area contributed by atoms with Gasteiger partial charge in [-0.25, -0.2) is 0 Å². The van der Waals surface area contributed by atoms with Crippen molar-refractivity contribution in [2.24, 2.45) is 7.05 Å². The molecule has 8 heteroatoms. The Morgan fingerprint density at radius 1 is 1.26 bits per heavy atom. The second kappa shape index (κ2) is 8.22. The fourth-order valence-corrected chi connectivity index (χ4v) is 4.02. The summed E-state index contributed by atoms with van der Waals surface area (Å²) in [6.07, 6.45) is 9.19. The molecule has 0 aromatic carbocycles. The number of aromatic nitrogens is 4. The highest BCUT2D eigenvalue weighted by molar-refractivity contribution is 5.92. The van der Waals surface area contributed by atoms with Crippen molar-refractivity contribution in [3.63, 3.8) is 0 Å². The van der Waals surface area contributed by atoms with Crippen LogP contribution in [0.5, 0.6) is 0 Å². The van der Waals surface area contributed by atoms with Crippen molar-refractivity contribution in [1.82, 2.24) is 34.7 Å². The predicted octanol–water partition coefficient (Wildman–Crippen LogP) is 0.889. The molecule has 0 aliphatic carbocycles. The maximum atomic E-state index is 12.9. The minimum absolute atomic E-state index is 0.0562. The van der Waals surface area contributed by atoms with Crippen LogP contribution in [0.2, 0.25) is 0 Å². The van der Waals surface area contributed by atoms with Gasteiger partial charge in [-0.05, 0) is 31.9 Å². The first kappa shape index (κ1) is 18.2. The number of nitrogens with one attached hydrogen (secondary N) is 1. The van der Waals surface area contributed by atoms with Crippen LogP contribution in [0.3, 0.4) is 0 Å². The third-order valence-corrected chi connectivity index (χ3v) is 5.51. The molecule has 2 aromatic rings. The molecular formula is C19H29N7O. The van der Waals surface area contributed by atoms with E-state index in [0.717, 1.165) is 65.1 Å². The third-order valence-electron chi connectivity index (χ3n) is 5.51. The Morgan fingerprint density at radius 3 is 2.96 bits per heavy atom. The van der Waals surface area contributed by atoms with Gasteiger partial charge in [-0.1, -0.05) is 0 Å². The van der Waals surface area contributed by atoms with Crippen molar-refractivity contribution in [2.45, 2.75) is 31.8 Å². The lowest BCUT2D eigenvalue weighted by Gasteiger charge is -2.23. The molecule has 146 valence electrons. The molecule has 1 atom stereocenters. The van der Waals surface area contributed by atoms with E-state index in [1.54, 1.807) is 0 Å². The lowest BCUT2D eigenvalue weighted by molar-refractivity contribution is 0.0753. The molecule has 0 spiro atoms. The van der Waals surface area contributed by atoms with E-state index >= 15 is 0 Å². The minimum Gasteiger partial charge on any atom is -0.336 e. The summed E-state index contributed by atoms with van der Waals surface area (Å²) in [7, 11) is 1.94. The number of rotatable bonds is 4. The van der Waals surface area contributed by atoms with Crippen LogP contribution in [0.1, 0.15) is 41.4 Å². The Balaban J connectivity index is 1.34. The van der Waals surface area contributed by atoms with Crippen molar-refractivity contribution in [1.29, 1.82) is 0 Å². The monoisotopic (exact) mass is 371 g/mol. The van der Waals surface area contributed by atoms with Crippen LogP contribution in [-0.2, 0) is 13.6 Å². The number of aryl methyl sites for hydroxylation is 1. The molecule has 8 nitrogen and oxygen atoms in total. The van der Waals surface area contributed by atoms with Gasteiger partial charge in [0.1, 0.15) is 5.69 Å². The number of amides is 1. The van der Waals surface area contributed by atoms with Gasteiger partial charge in [0.15, 0.2) is 0 Å². The summed E-state index contributed by atoms with van der Waals surface area (Å²) in [5, 5.41) is 12.2. The Bertz CT molecular complexity index is 762. The molecule has 1 N–H and O–H groups in total. The number of hydrogen-bond donors (Lipinski definition) is 1. The first-order valence-electron chi connectivity index (χ1n) is 9.94. The molecule has 1 unspecified atom stereocenters. The van der Waals surface area contributed by atoms with Gasteiger partial charge in [0, 0.05) is 64.3 Å². The molecule has 4 heterocycles. The van der Waals surface area contributed by atoms with Gasteiger partial charge >= 0.3 is 0 Å². The SMILES string of the molecule is Cn1cc(CN2CCCN(C(=O)c3ccn(C4CCCNC4)n3)CC2)cn1. The van der Waals surface area contributed by atoms with Gasteiger partial charge in [-0.3, -0.25) is 19.1 Å². The molecule has 27 heavy (non-hydrogen) atoms. The summed E-state index contributed by atoms with van der Waals surface area (Å²) in [6, 6.07) is 2.23. The third kappa shape index (κ3) is 4.39. The van der Waals surface area contributed by atoms with E-state index in [-0.39, 0.29) is 5.91 Å². The molecule has 2 aromatic heterocycles. The summed E-state index contributed by atoms with van der Waals surface area (Å²) in [4.78, 5) is 17.3. The number of piperidine rings is 1.